The van der Waals surface area contributed by atoms with E-state index in [4.69, 9.17) is 4.74 Å². The number of ether oxygens (including phenoxy) is 1. The minimum Gasteiger partial charge on any atom is -0.376 e. The zero-order valence-corrected chi connectivity index (χ0v) is 17.3. The summed E-state index contributed by atoms with van der Waals surface area (Å²) in [6, 6.07) is 17.0. The van der Waals surface area contributed by atoms with Crippen LogP contribution in [0, 0.1) is 6.92 Å². The molecule has 0 spiro atoms. The van der Waals surface area contributed by atoms with E-state index in [1.807, 2.05) is 12.3 Å². The summed E-state index contributed by atoms with van der Waals surface area (Å²) in [5.74, 6) is 1.78. The molecule has 0 amide bonds. The Kier molecular flexibility index (Phi) is 5.12. The first-order valence-corrected chi connectivity index (χ1v) is 11.1. The van der Waals surface area contributed by atoms with Crippen LogP contribution in [-0.4, -0.2) is 32.5 Å². The first kappa shape index (κ1) is 18.5. The second-order valence-electron chi connectivity index (χ2n) is 7.57. The van der Waals surface area contributed by atoms with Gasteiger partial charge < -0.3 is 9.72 Å². The third-order valence-electron chi connectivity index (χ3n) is 5.45. The quantitative estimate of drug-likeness (QED) is 0.449. The van der Waals surface area contributed by atoms with Crippen LogP contribution in [0.15, 0.2) is 59.9 Å². The SMILES string of the molecule is Cc1ccc(CSc2nnc(-c3c[nH]c4ccccc34)n2CC2CCCO2)cc1. The van der Waals surface area contributed by atoms with Crippen molar-refractivity contribution in [3.8, 4) is 11.4 Å². The summed E-state index contributed by atoms with van der Waals surface area (Å²) in [5.41, 5.74) is 4.78. The van der Waals surface area contributed by atoms with Gasteiger partial charge >= 0.3 is 0 Å². The second kappa shape index (κ2) is 8.05. The van der Waals surface area contributed by atoms with E-state index < -0.39 is 0 Å². The van der Waals surface area contributed by atoms with Crippen LogP contribution in [0.1, 0.15) is 24.0 Å². The molecule has 5 rings (SSSR count). The standard InChI is InChI=1S/C23H24N4OS/c1-16-8-10-17(11-9-16)15-29-23-26-25-22(27(23)14-18-5-4-12-28-18)20-13-24-21-7-3-2-6-19(20)21/h2-3,6-11,13,18,24H,4-5,12,14-15H2,1H3. The van der Waals surface area contributed by atoms with Gasteiger partial charge in [0.2, 0.25) is 0 Å². The van der Waals surface area contributed by atoms with Crippen molar-refractivity contribution < 1.29 is 4.74 Å². The predicted molar refractivity (Wildman–Crippen MR) is 117 cm³/mol. The van der Waals surface area contributed by atoms with Gasteiger partial charge in [0, 0.05) is 35.0 Å². The Morgan fingerprint density at radius 3 is 2.83 bits per heavy atom. The number of benzene rings is 2. The van der Waals surface area contributed by atoms with Crippen molar-refractivity contribution in [2.75, 3.05) is 6.61 Å². The summed E-state index contributed by atoms with van der Waals surface area (Å²) in [7, 11) is 0. The molecule has 3 heterocycles. The lowest BCUT2D eigenvalue weighted by molar-refractivity contribution is 0.0953. The Morgan fingerprint density at radius 1 is 1.14 bits per heavy atom. The number of aromatic amines is 1. The van der Waals surface area contributed by atoms with Crippen molar-refractivity contribution in [1.82, 2.24) is 19.7 Å². The van der Waals surface area contributed by atoms with Crippen LogP contribution in [0.4, 0.5) is 0 Å². The van der Waals surface area contributed by atoms with Crippen LogP contribution in [0.3, 0.4) is 0 Å². The number of fused-ring (bicyclic) bond motifs is 1. The normalized spacial score (nSPS) is 16.7. The maximum Gasteiger partial charge on any atom is 0.191 e. The van der Waals surface area contributed by atoms with Crippen molar-refractivity contribution in [1.29, 1.82) is 0 Å². The van der Waals surface area contributed by atoms with Gasteiger partial charge in [-0.1, -0.05) is 59.8 Å². The zero-order valence-electron chi connectivity index (χ0n) is 16.5. The van der Waals surface area contributed by atoms with Crippen molar-refractivity contribution in [2.24, 2.45) is 0 Å². The van der Waals surface area contributed by atoms with Gasteiger partial charge in [-0.3, -0.25) is 4.57 Å². The predicted octanol–water partition coefficient (Wildman–Crippen LogP) is 5.21. The van der Waals surface area contributed by atoms with E-state index in [1.165, 1.54) is 16.5 Å². The fourth-order valence-corrected chi connectivity index (χ4v) is 4.74. The average Bonchev–Trinajstić information content (AvgIpc) is 3.48. The molecule has 1 fully saturated rings. The Labute approximate surface area is 174 Å². The lowest BCUT2D eigenvalue weighted by atomic mass is 10.1. The molecule has 1 N–H and O–H groups in total. The number of thioether (sulfide) groups is 1. The number of hydrogen-bond acceptors (Lipinski definition) is 4. The highest BCUT2D eigenvalue weighted by Crippen LogP contribution is 2.32. The number of aryl methyl sites for hydroxylation is 1. The number of aromatic nitrogens is 4. The summed E-state index contributed by atoms with van der Waals surface area (Å²) in [4.78, 5) is 3.36. The number of nitrogens with zero attached hydrogens (tertiary/aromatic N) is 3. The summed E-state index contributed by atoms with van der Waals surface area (Å²) in [6.45, 7) is 3.75. The number of hydrogen-bond donors (Lipinski definition) is 1. The molecule has 29 heavy (non-hydrogen) atoms. The van der Waals surface area contributed by atoms with Gasteiger partial charge in [0.25, 0.3) is 0 Å². The molecule has 5 nitrogen and oxygen atoms in total. The van der Waals surface area contributed by atoms with Gasteiger partial charge in [0.05, 0.1) is 12.6 Å². The van der Waals surface area contributed by atoms with Gasteiger partial charge in [-0.2, -0.15) is 0 Å². The first-order chi connectivity index (χ1) is 14.3. The third-order valence-corrected chi connectivity index (χ3v) is 6.48. The van der Waals surface area contributed by atoms with Gasteiger partial charge in [0.15, 0.2) is 11.0 Å². The maximum absolute atomic E-state index is 5.92. The van der Waals surface area contributed by atoms with E-state index in [0.717, 1.165) is 53.8 Å². The van der Waals surface area contributed by atoms with E-state index in [-0.39, 0.29) is 6.10 Å². The summed E-state index contributed by atoms with van der Waals surface area (Å²) >= 11 is 1.74. The lowest BCUT2D eigenvalue weighted by Crippen LogP contribution is -2.16. The molecule has 1 aliphatic rings. The maximum atomic E-state index is 5.92. The van der Waals surface area contributed by atoms with Crippen LogP contribution in [0.25, 0.3) is 22.3 Å². The molecule has 0 radical (unpaired) electrons. The van der Waals surface area contributed by atoms with Crippen LogP contribution in [-0.2, 0) is 17.0 Å². The molecule has 0 saturated carbocycles. The van der Waals surface area contributed by atoms with E-state index in [2.05, 4.69) is 69.1 Å². The number of H-pyrrole nitrogens is 1. The molecular formula is C23H24N4OS. The molecule has 4 aromatic rings. The molecule has 1 aliphatic heterocycles. The van der Waals surface area contributed by atoms with E-state index in [1.54, 1.807) is 11.8 Å². The summed E-state index contributed by atoms with van der Waals surface area (Å²) < 4.78 is 8.16. The van der Waals surface area contributed by atoms with Crippen LogP contribution in [0.5, 0.6) is 0 Å². The van der Waals surface area contributed by atoms with Gasteiger partial charge in [-0.05, 0) is 31.4 Å². The molecule has 1 unspecified atom stereocenters. The second-order valence-corrected chi connectivity index (χ2v) is 8.52. The van der Waals surface area contributed by atoms with Crippen molar-refractivity contribution >= 4 is 22.7 Å². The summed E-state index contributed by atoms with van der Waals surface area (Å²) in [6.07, 6.45) is 4.48. The number of rotatable bonds is 6. The molecule has 0 bridgehead atoms. The number of para-hydroxylation sites is 1. The fraction of sp³-hybridized carbons (Fsp3) is 0.304. The Hall–Kier alpha value is -2.57. The van der Waals surface area contributed by atoms with Crippen LogP contribution < -0.4 is 0 Å². The molecule has 2 aromatic heterocycles. The average molecular weight is 405 g/mol. The van der Waals surface area contributed by atoms with Gasteiger partial charge in [0.1, 0.15) is 0 Å². The highest BCUT2D eigenvalue weighted by atomic mass is 32.2. The summed E-state index contributed by atoms with van der Waals surface area (Å²) in [5, 5.41) is 11.3. The monoisotopic (exact) mass is 404 g/mol. The highest BCUT2D eigenvalue weighted by molar-refractivity contribution is 7.98. The van der Waals surface area contributed by atoms with Crippen molar-refractivity contribution in [3.05, 3.63) is 65.9 Å². The number of nitrogens with one attached hydrogen (secondary N) is 1. The Balaban J connectivity index is 1.48. The van der Waals surface area contributed by atoms with Gasteiger partial charge in [-0.15, -0.1) is 10.2 Å². The van der Waals surface area contributed by atoms with Gasteiger partial charge in [-0.25, -0.2) is 0 Å². The van der Waals surface area contributed by atoms with Crippen LogP contribution >= 0.6 is 11.8 Å². The van der Waals surface area contributed by atoms with E-state index in [9.17, 15) is 0 Å². The van der Waals surface area contributed by atoms with Crippen molar-refractivity contribution in [2.45, 2.75) is 43.3 Å². The van der Waals surface area contributed by atoms with E-state index >= 15 is 0 Å². The Bertz CT molecular complexity index is 1110. The fourth-order valence-electron chi connectivity index (χ4n) is 3.84. The molecular weight excluding hydrogens is 380 g/mol. The molecule has 0 aliphatic carbocycles. The minimum atomic E-state index is 0.230. The highest BCUT2D eigenvalue weighted by Gasteiger charge is 2.23. The minimum absolute atomic E-state index is 0.230. The van der Waals surface area contributed by atoms with Crippen LogP contribution in [0.2, 0.25) is 0 Å². The smallest absolute Gasteiger partial charge is 0.191 e. The molecule has 1 atom stereocenters. The topological polar surface area (TPSA) is 55.7 Å². The molecule has 6 heteroatoms. The zero-order chi connectivity index (χ0) is 19.6. The largest absolute Gasteiger partial charge is 0.376 e. The first-order valence-electron chi connectivity index (χ1n) is 10.1. The molecule has 148 valence electrons. The molecule has 2 aromatic carbocycles. The van der Waals surface area contributed by atoms with Crippen molar-refractivity contribution in [3.63, 3.8) is 0 Å². The lowest BCUT2D eigenvalue weighted by Gasteiger charge is -2.14. The third kappa shape index (κ3) is 3.82. The Morgan fingerprint density at radius 2 is 2.00 bits per heavy atom. The molecule has 1 saturated heterocycles. The van der Waals surface area contributed by atoms with E-state index in [0.29, 0.717) is 0 Å².